The van der Waals surface area contributed by atoms with E-state index in [0.29, 0.717) is 12.5 Å². The Kier molecular flexibility index (Phi) is 7.28. The first kappa shape index (κ1) is 24.0. The van der Waals surface area contributed by atoms with Gasteiger partial charge in [0.2, 0.25) is 5.95 Å². The maximum absolute atomic E-state index is 5.48. The molecule has 0 saturated carbocycles. The van der Waals surface area contributed by atoms with Crippen LogP contribution in [0.2, 0.25) is 0 Å². The van der Waals surface area contributed by atoms with Gasteiger partial charge in [-0.1, -0.05) is 90.0 Å². The van der Waals surface area contributed by atoms with Gasteiger partial charge in [-0.2, -0.15) is 0 Å². The van der Waals surface area contributed by atoms with Gasteiger partial charge in [0.15, 0.2) is 0 Å². The summed E-state index contributed by atoms with van der Waals surface area (Å²) in [6.45, 7) is 8.23. The highest BCUT2D eigenvalue weighted by Crippen LogP contribution is 2.37. The Bertz CT molecular complexity index is 1220. The zero-order valence-corrected chi connectivity index (χ0v) is 21.2. The zero-order valence-electron chi connectivity index (χ0n) is 21.2. The summed E-state index contributed by atoms with van der Waals surface area (Å²) >= 11 is 0. The minimum atomic E-state index is -0.300. The molecule has 0 spiro atoms. The summed E-state index contributed by atoms with van der Waals surface area (Å²) in [6.07, 6.45) is 4.69. The number of rotatable bonds is 8. The minimum absolute atomic E-state index is 0.300. The van der Waals surface area contributed by atoms with Crippen molar-refractivity contribution < 1.29 is 4.74 Å². The Hall–Kier alpha value is -3.70. The van der Waals surface area contributed by atoms with E-state index in [-0.39, 0.29) is 5.41 Å². The van der Waals surface area contributed by atoms with Gasteiger partial charge in [-0.3, -0.25) is 0 Å². The highest BCUT2D eigenvalue weighted by atomic mass is 16.5. The Morgan fingerprint density at radius 3 is 2.00 bits per heavy atom. The SMILES string of the molecule is Cc1cccc(C(CNc2ncc(N3CCOCC3)cn2)(Cc2ccccc2)c2cccc(C)c2)c1. The molecule has 5 heteroatoms. The topological polar surface area (TPSA) is 50.3 Å². The fourth-order valence-corrected chi connectivity index (χ4v) is 5.09. The number of morpholine rings is 1. The molecule has 36 heavy (non-hydrogen) atoms. The molecule has 1 saturated heterocycles. The molecular weight excluding hydrogens is 444 g/mol. The van der Waals surface area contributed by atoms with Gasteiger partial charge in [-0.15, -0.1) is 0 Å². The molecule has 2 heterocycles. The van der Waals surface area contributed by atoms with Crippen molar-refractivity contribution in [3.05, 3.63) is 119 Å². The van der Waals surface area contributed by atoms with Gasteiger partial charge in [0.25, 0.3) is 0 Å². The van der Waals surface area contributed by atoms with Gasteiger partial charge in [-0.25, -0.2) is 9.97 Å². The molecule has 0 unspecified atom stereocenters. The summed E-state index contributed by atoms with van der Waals surface area (Å²) in [5, 5.41) is 3.61. The van der Waals surface area contributed by atoms with E-state index >= 15 is 0 Å². The molecule has 1 aromatic heterocycles. The Morgan fingerprint density at radius 1 is 0.806 bits per heavy atom. The molecule has 4 aromatic rings. The molecular formula is C31H34N4O. The molecule has 184 valence electrons. The van der Waals surface area contributed by atoms with Crippen LogP contribution in [0.1, 0.15) is 27.8 Å². The van der Waals surface area contributed by atoms with Crippen LogP contribution in [0.15, 0.2) is 91.3 Å². The average Bonchev–Trinajstić information content (AvgIpc) is 2.92. The number of anilines is 2. The molecule has 3 aromatic carbocycles. The number of hydrogen-bond donors (Lipinski definition) is 1. The van der Waals surface area contributed by atoms with E-state index in [4.69, 9.17) is 4.74 Å². The molecule has 1 aliphatic rings. The van der Waals surface area contributed by atoms with Crippen LogP contribution in [0, 0.1) is 13.8 Å². The summed E-state index contributed by atoms with van der Waals surface area (Å²) in [4.78, 5) is 11.6. The normalized spacial score (nSPS) is 14.0. The summed E-state index contributed by atoms with van der Waals surface area (Å²) in [6, 6.07) is 28.5. The summed E-state index contributed by atoms with van der Waals surface area (Å²) < 4.78 is 5.48. The Balaban J connectivity index is 1.51. The number of hydrogen-bond acceptors (Lipinski definition) is 5. The molecule has 0 atom stereocenters. The number of benzene rings is 3. The van der Waals surface area contributed by atoms with E-state index in [2.05, 4.69) is 113 Å². The monoisotopic (exact) mass is 478 g/mol. The molecule has 0 aliphatic carbocycles. The number of nitrogens with one attached hydrogen (secondary N) is 1. The molecule has 1 fully saturated rings. The summed E-state index contributed by atoms with van der Waals surface area (Å²) in [5.41, 5.74) is 7.12. The van der Waals surface area contributed by atoms with Gasteiger partial charge < -0.3 is 15.0 Å². The quantitative estimate of drug-likeness (QED) is 0.359. The van der Waals surface area contributed by atoms with Gasteiger partial charge in [-0.05, 0) is 37.0 Å². The number of aromatic nitrogens is 2. The van der Waals surface area contributed by atoms with Crippen molar-refractivity contribution in [2.75, 3.05) is 43.1 Å². The second-order valence-electron chi connectivity index (χ2n) is 9.70. The lowest BCUT2D eigenvalue weighted by atomic mass is 9.69. The number of ether oxygens (including phenoxy) is 1. The molecule has 1 N–H and O–H groups in total. The molecule has 1 aliphatic heterocycles. The van der Waals surface area contributed by atoms with Crippen molar-refractivity contribution in [1.29, 1.82) is 0 Å². The second-order valence-corrected chi connectivity index (χ2v) is 9.70. The fourth-order valence-electron chi connectivity index (χ4n) is 5.09. The first-order valence-corrected chi connectivity index (χ1v) is 12.7. The molecule has 5 rings (SSSR count). The minimum Gasteiger partial charge on any atom is -0.378 e. The van der Waals surface area contributed by atoms with Crippen LogP contribution in [-0.2, 0) is 16.6 Å². The van der Waals surface area contributed by atoms with Crippen molar-refractivity contribution in [3.8, 4) is 0 Å². The maximum atomic E-state index is 5.48. The van der Waals surface area contributed by atoms with E-state index < -0.39 is 0 Å². The van der Waals surface area contributed by atoms with Crippen LogP contribution < -0.4 is 10.2 Å². The van der Waals surface area contributed by atoms with E-state index in [9.17, 15) is 0 Å². The molecule has 0 bridgehead atoms. The molecule has 0 radical (unpaired) electrons. The van der Waals surface area contributed by atoms with Gasteiger partial charge in [0, 0.05) is 25.0 Å². The fraction of sp³-hybridized carbons (Fsp3) is 0.290. The summed E-state index contributed by atoms with van der Waals surface area (Å²) in [5.74, 6) is 0.643. The maximum Gasteiger partial charge on any atom is 0.222 e. The van der Waals surface area contributed by atoms with E-state index in [0.717, 1.165) is 38.4 Å². The third-order valence-electron chi connectivity index (χ3n) is 7.05. The Morgan fingerprint density at radius 2 is 1.42 bits per heavy atom. The van der Waals surface area contributed by atoms with Crippen LogP contribution in [0.3, 0.4) is 0 Å². The van der Waals surface area contributed by atoms with Crippen LogP contribution in [0.4, 0.5) is 11.6 Å². The third kappa shape index (κ3) is 5.42. The van der Waals surface area contributed by atoms with Crippen molar-refractivity contribution >= 4 is 11.6 Å². The van der Waals surface area contributed by atoms with Crippen molar-refractivity contribution in [2.45, 2.75) is 25.7 Å². The van der Waals surface area contributed by atoms with Crippen molar-refractivity contribution in [1.82, 2.24) is 9.97 Å². The number of aryl methyl sites for hydroxylation is 2. The Labute approximate surface area is 214 Å². The van der Waals surface area contributed by atoms with Crippen LogP contribution in [0.25, 0.3) is 0 Å². The van der Waals surface area contributed by atoms with Gasteiger partial charge >= 0.3 is 0 Å². The standard InChI is InChI=1S/C31H34N4O/c1-24-8-6-12-27(18-24)31(20-26-10-4-3-5-11-26,28-13-7-9-25(2)19-28)23-34-30-32-21-29(22-33-30)35-14-16-36-17-15-35/h3-13,18-19,21-22H,14-17,20,23H2,1-2H3,(H,32,33,34). The molecule has 5 nitrogen and oxygen atoms in total. The lowest BCUT2D eigenvalue weighted by molar-refractivity contribution is 0.122. The number of nitrogens with zero attached hydrogens (tertiary/aromatic N) is 3. The van der Waals surface area contributed by atoms with E-state index in [1.54, 1.807) is 0 Å². The smallest absolute Gasteiger partial charge is 0.222 e. The van der Waals surface area contributed by atoms with Crippen molar-refractivity contribution in [2.24, 2.45) is 0 Å². The van der Waals surface area contributed by atoms with E-state index in [1.165, 1.54) is 27.8 Å². The van der Waals surface area contributed by atoms with E-state index in [1.807, 2.05) is 12.4 Å². The van der Waals surface area contributed by atoms with Crippen LogP contribution >= 0.6 is 0 Å². The van der Waals surface area contributed by atoms with Gasteiger partial charge in [0.05, 0.1) is 31.3 Å². The second kappa shape index (κ2) is 10.9. The zero-order chi connectivity index (χ0) is 24.8. The van der Waals surface area contributed by atoms with Gasteiger partial charge in [0.1, 0.15) is 0 Å². The third-order valence-corrected chi connectivity index (χ3v) is 7.05. The highest BCUT2D eigenvalue weighted by Gasteiger charge is 2.35. The first-order chi connectivity index (χ1) is 17.6. The lowest BCUT2D eigenvalue weighted by Gasteiger charge is -2.36. The predicted octanol–water partition coefficient (Wildman–Crippen LogP) is 5.57. The largest absolute Gasteiger partial charge is 0.378 e. The first-order valence-electron chi connectivity index (χ1n) is 12.7. The predicted molar refractivity (Wildman–Crippen MR) is 147 cm³/mol. The van der Waals surface area contributed by atoms with Crippen LogP contribution in [0.5, 0.6) is 0 Å². The van der Waals surface area contributed by atoms with Crippen molar-refractivity contribution in [3.63, 3.8) is 0 Å². The lowest BCUT2D eigenvalue weighted by Crippen LogP contribution is -2.39. The van der Waals surface area contributed by atoms with Crippen LogP contribution in [-0.4, -0.2) is 42.8 Å². The molecule has 0 amide bonds. The average molecular weight is 479 g/mol. The highest BCUT2D eigenvalue weighted by molar-refractivity contribution is 5.48. The summed E-state index contributed by atoms with van der Waals surface area (Å²) in [7, 11) is 0.